The molecule has 0 aliphatic carbocycles. The monoisotopic (exact) mass is 633 g/mol. The summed E-state index contributed by atoms with van der Waals surface area (Å²) in [5.74, 6) is -0.578. The zero-order chi connectivity index (χ0) is 32.8. The van der Waals surface area contributed by atoms with Crippen molar-refractivity contribution in [3.63, 3.8) is 0 Å². The second-order valence-corrected chi connectivity index (χ2v) is 11.2. The molecule has 13 heteroatoms. The maximum atomic E-state index is 14.8. The molecule has 2 atom stereocenters. The third-order valence-corrected chi connectivity index (χ3v) is 8.00. The van der Waals surface area contributed by atoms with Gasteiger partial charge in [0.2, 0.25) is 5.60 Å². The summed E-state index contributed by atoms with van der Waals surface area (Å²) in [6.45, 7) is 2.46. The van der Waals surface area contributed by atoms with Crippen LogP contribution in [0.4, 0.5) is 26.3 Å². The van der Waals surface area contributed by atoms with Crippen molar-refractivity contribution < 1.29 is 45.7 Å². The van der Waals surface area contributed by atoms with Crippen molar-refractivity contribution in [1.82, 2.24) is 15.3 Å². The third kappa shape index (κ3) is 5.88. The fourth-order valence-electron chi connectivity index (χ4n) is 5.51. The average molecular weight is 634 g/mol. The Morgan fingerprint density at radius 1 is 1.09 bits per heavy atom. The molecule has 2 aromatic heterocycles. The van der Waals surface area contributed by atoms with Crippen molar-refractivity contribution in [2.45, 2.75) is 50.1 Å². The predicted molar refractivity (Wildman–Crippen MR) is 153 cm³/mol. The molecule has 2 N–H and O–H groups in total. The van der Waals surface area contributed by atoms with Gasteiger partial charge in [0.25, 0.3) is 5.91 Å². The van der Waals surface area contributed by atoms with E-state index in [0.717, 1.165) is 30.3 Å². The molecule has 45 heavy (non-hydrogen) atoms. The minimum atomic E-state index is -5.33. The zero-order valence-corrected chi connectivity index (χ0v) is 24.4. The van der Waals surface area contributed by atoms with Crippen LogP contribution < -0.4 is 14.8 Å². The lowest BCUT2D eigenvalue weighted by Gasteiger charge is -2.32. The number of carbonyl (C=O) groups is 1. The van der Waals surface area contributed by atoms with Crippen molar-refractivity contribution in [2.24, 2.45) is 0 Å². The van der Waals surface area contributed by atoms with Gasteiger partial charge >= 0.3 is 12.4 Å². The predicted octanol–water partition coefficient (Wildman–Crippen LogP) is 6.95. The van der Waals surface area contributed by atoms with E-state index in [0.29, 0.717) is 29.3 Å². The van der Waals surface area contributed by atoms with Gasteiger partial charge < -0.3 is 19.9 Å². The Kier molecular flexibility index (Phi) is 8.19. The molecule has 1 unspecified atom stereocenters. The van der Waals surface area contributed by atoms with Crippen LogP contribution in [-0.4, -0.2) is 47.4 Å². The fraction of sp³-hybridized carbons (Fsp3) is 0.344. The first-order chi connectivity index (χ1) is 21.1. The number of ether oxygens (including phenoxy) is 2. The maximum absolute atomic E-state index is 14.8. The molecule has 238 valence electrons. The van der Waals surface area contributed by atoms with E-state index in [4.69, 9.17) is 9.47 Å². The Bertz CT molecular complexity index is 1740. The number of hydrogen-bond donors (Lipinski definition) is 2. The van der Waals surface area contributed by atoms with E-state index in [9.17, 15) is 36.2 Å². The standard InChI is InChI=1S/C32H29F6N3O4/c1-4-11-29(2)17-45-27-22(29)15-24(41-26(27)18-7-9-21(10-8-18)31(33,34)35)30(43,32(36,37)38)16-40-28(42)20-13-19-6-5-12-39-25(19)23(14-20)44-3/h5-10,12-15,43H,4,11,16-17H2,1-3H3,(H,40,42)/t29-,30?/m0/s1. The Morgan fingerprint density at radius 3 is 2.42 bits per heavy atom. The number of pyridine rings is 2. The van der Waals surface area contributed by atoms with Gasteiger partial charge in [0.05, 0.1) is 31.5 Å². The topological polar surface area (TPSA) is 93.6 Å². The van der Waals surface area contributed by atoms with Crippen LogP contribution in [0, 0.1) is 0 Å². The quantitative estimate of drug-likeness (QED) is 0.204. The van der Waals surface area contributed by atoms with Crippen LogP contribution >= 0.6 is 0 Å². The number of aromatic nitrogens is 2. The molecule has 0 saturated carbocycles. The van der Waals surface area contributed by atoms with Gasteiger partial charge in [0, 0.05) is 33.7 Å². The molecule has 4 aromatic rings. The SMILES string of the molecule is CCC[C@@]1(C)COc2c1cc(C(O)(CNC(=O)c1cc(OC)c3ncccc3c1)C(F)(F)F)nc2-c1ccc(C(F)(F)F)cc1. The van der Waals surface area contributed by atoms with Crippen LogP contribution in [0.5, 0.6) is 11.5 Å². The summed E-state index contributed by atoms with van der Waals surface area (Å²) in [6, 6.07) is 10.9. The van der Waals surface area contributed by atoms with Crippen LogP contribution in [0.1, 0.15) is 53.9 Å². The van der Waals surface area contributed by atoms with Crippen LogP contribution in [0.15, 0.2) is 60.8 Å². The molecule has 0 radical (unpaired) electrons. The van der Waals surface area contributed by atoms with E-state index in [-0.39, 0.29) is 34.9 Å². The molecule has 3 heterocycles. The summed E-state index contributed by atoms with van der Waals surface area (Å²) in [5.41, 5.74) is -5.60. The smallest absolute Gasteiger partial charge is 0.424 e. The average Bonchev–Trinajstić information content (AvgIpc) is 3.33. The second-order valence-electron chi connectivity index (χ2n) is 11.2. The molecule has 0 bridgehead atoms. The van der Waals surface area contributed by atoms with Gasteiger partial charge in [-0.1, -0.05) is 38.5 Å². The first-order valence-electron chi connectivity index (χ1n) is 14.0. The molecular weight excluding hydrogens is 604 g/mol. The lowest BCUT2D eigenvalue weighted by molar-refractivity contribution is -0.265. The Hall–Kier alpha value is -4.39. The number of alkyl halides is 6. The van der Waals surface area contributed by atoms with Crippen LogP contribution in [0.3, 0.4) is 0 Å². The lowest BCUT2D eigenvalue weighted by atomic mass is 9.79. The first kappa shape index (κ1) is 32.0. The first-order valence-corrected chi connectivity index (χ1v) is 14.0. The van der Waals surface area contributed by atoms with Crippen molar-refractivity contribution in [1.29, 1.82) is 0 Å². The number of amides is 1. The second kappa shape index (κ2) is 11.5. The van der Waals surface area contributed by atoms with Crippen LogP contribution in [0.2, 0.25) is 0 Å². The summed E-state index contributed by atoms with van der Waals surface area (Å²) < 4.78 is 95.1. The number of fused-ring (bicyclic) bond motifs is 2. The normalized spacial score (nSPS) is 17.8. The number of aliphatic hydroxyl groups is 1. The third-order valence-electron chi connectivity index (χ3n) is 8.00. The van der Waals surface area contributed by atoms with Gasteiger partial charge in [-0.05, 0) is 42.8 Å². The van der Waals surface area contributed by atoms with E-state index in [1.165, 1.54) is 25.4 Å². The summed E-state index contributed by atoms with van der Waals surface area (Å²) in [5, 5.41) is 14.0. The number of halogens is 6. The molecular formula is C32H29F6N3O4. The van der Waals surface area contributed by atoms with Gasteiger partial charge in [-0.2, -0.15) is 26.3 Å². The van der Waals surface area contributed by atoms with Crippen molar-refractivity contribution >= 4 is 16.8 Å². The minimum absolute atomic E-state index is 0.0341. The highest BCUT2D eigenvalue weighted by Gasteiger charge is 2.57. The molecule has 0 spiro atoms. The number of nitrogens with zero attached hydrogens (tertiary/aromatic N) is 2. The van der Waals surface area contributed by atoms with Crippen molar-refractivity contribution in [2.75, 3.05) is 20.3 Å². The minimum Gasteiger partial charge on any atom is -0.494 e. The van der Waals surface area contributed by atoms with Gasteiger partial charge in [0.15, 0.2) is 0 Å². The largest absolute Gasteiger partial charge is 0.494 e. The van der Waals surface area contributed by atoms with Gasteiger partial charge in [-0.3, -0.25) is 9.78 Å². The van der Waals surface area contributed by atoms with E-state index >= 15 is 0 Å². The number of rotatable bonds is 8. The highest BCUT2D eigenvalue weighted by atomic mass is 19.4. The number of hydrogen-bond acceptors (Lipinski definition) is 6. The number of methoxy groups -OCH3 is 1. The summed E-state index contributed by atoms with van der Waals surface area (Å²) >= 11 is 0. The Labute approximate surface area is 254 Å². The molecule has 7 nitrogen and oxygen atoms in total. The number of carbonyl (C=O) groups excluding carboxylic acids is 1. The lowest BCUT2D eigenvalue weighted by Crippen LogP contribution is -2.51. The zero-order valence-electron chi connectivity index (χ0n) is 24.4. The van der Waals surface area contributed by atoms with E-state index in [2.05, 4.69) is 15.3 Å². The summed E-state index contributed by atoms with van der Waals surface area (Å²) in [6.07, 6.45) is -7.28. The Morgan fingerprint density at radius 2 is 1.80 bits per heavy atom. The summed E-state index contributed by atoms with van der Waals surface area (Å²) in [4.78, 5) is 21.5. The van der Waals surface area contributed by atoms with E-state index in [1.807, 2.05) is 6.92 Å². The maximum Gasteiger partial charge on any atom is 0.424 e. The molecule has 1 amide bonds. The molecule has 5 rings (SSSR count). The van der Waals surface area contributed by atoms with E-state index < -0.39 is 47.1 Å². The molecule has 0 fully saturated rings. The molecule has 1 aliphatic heterocycles. The highest BCUT2D eigenvalue weighted by Crippen LogP contribution is 2.49. The van der Waals surface area contributed by atoms with Crippen LogP contribution in [0.25, 0.3) is 22.2 Å². The van der Waals surface area contributed by atoms with Gasteiger partial charge in [-0.25, -0.2) is 4.98 Å². The molecule has 2 aromatic carbocycles. The Balaban J connectivity index is 1.58. The summed E-state index contributed by atoms with van der Waals surface area (Å²) in [7, 11) is 1.36. The van der Waals surface area contributed by atoms with Crippen LogP contribution in [-0.2, 0) is 17.2 Å². The van der Waals surface area contributed by atoms with Crippen molar-refractivity contribution in [3.8, 4) is 22.8 Å². The van der Waals surface area contributed by atoms with E-state index in [1.54, 1.807) is 19.1 Å². The fourth-order valence-corrected chi connectivity index (χ4v) is 5.51. The number of benzene rings is 2. The number of nitrogens with one attached hydrogen (secondary N) is 1. The molecule has 1 aliphatic rings. The van der Waals surface area contributed by atoms with Crippen molar-refractivity contribution in [3.05, 3.63) is 83.2 Å². The highest BCUT2D eigenvalue weighted by molar-refractivity contribution is 5.99. The molecule has 0 saturated heterocycles. The van der Waals surface area contributed by atoms with Gasteiger partial charge in [-0.15, -0.1) is 0 Å². The van der Waals surface area contributed by atoms with Gasteiger partial charge in [0.1, 0.15) is 22.7 Å².